The Kier molecular flexibility index (Phi) is 3.97. The SMILES string of the molecule is CO[C@]12C=C[C@@]3(C[C@@H]1[C@](C)(O)C(C)(C)C)[C@H]1Cc4ccc(O)c5c4C3(CCN1CC1CC1)[C@H]2O5. The lowest BCUT2D eigenvalue weighted by Gasteiger charge is -2.73. The second-order valence-electron chi connectivity index (χ2n) is 13.4. The van der Waals surface area contributed by atoms with Crippen molar-refractivity contribution < 1.29 is 19.7 Å². The summed E-state index contributed by atoms with van der Waals surface area (Å²) in [5, 5.41) is 23.1. The maximum Gasteiger partial charge on any atom is 0.165 e. The molecular formula is C29H39NO4. The number of nitrogens with zero attached hydrogens (tertiary/aromatic N) is 1. The maximum absolute atomic E-state index is 12.2. The summed E-state index contributed by atoms with van der Waals surface area (Å²) in [4.78, 5) is 2.77. The first-order valence-corrected chi connectivity index (χ1v) is 13.3. The number of phenols is 1. The molecule has 2 N–H and O–H groups in total. The number of phenolic OH excluding ortho intramolecular Hbond substituents is 1. The lowest BCUT2D eigenvalue weighted by Crippen LogP contribution is -2.81. The van der Waals surface area contributed by atoms with Crippen LogP contribution in [-0.4, -0.2) is 58.7 Å². The molecule has 5 nitrogen and oxygen atoms in total. The van der Waals surface area contributed by atoms with Crippen molar-refractivity contribution in [3.05, 3.63) is 35.4 Å². The fourth-order valence-corrected chi connectivity index (χ4v) is 8.94. The van der Waals surface area contributed by atoms with Gasteiger partial charge >= 0.3 is 0 Å². The third-order valence-electron chi connectivity index (χ3n) is 11.3. The number of benzene rings is 1. The summed E-state index contributed by atoms with van der Waals surface area (Å²) in [5.41, 5.74) is 0.165. The Morgan fingerprint density at radius 1 is 1.18 bits per heavy atom. The van der Waals surface area contributed by atoms with Gasteiger partial charge in [0.1, 0.15) is 11.7 Å². The Labute approximate surface area is 203 Å². The predicted molar refractivity (Wildman–Crippen MR) is 130 cm³/mol. The summed E-state index contributed by atoms with van der Waals surface area (Å²) >= 11 is 0. The van der Waals surface area contributed by atoms with Crippen LogP contribution < -0.4 is 4.74 Å². The van der Waals surface area contributed by atoms with Gasteiger partial charge in [-0.15, -0.1) is 0 Å². The van der Waals surface area contributed by atoms with E-state index >= 15 is 0 Å². The molecule has 2 aliphatic heterocycles. The number of methoxy groups -OCH3 is 1. The number of piperidine rings is 1. The second kappa shape index (κ2) is 6.22. The molecule has 1 saturated heterocycles. The standard InChI is InChI=1S/C29H39NO4/c1-25(2,3)26(4,32)20-15-27-10-11-29(20,33-5)24-28(27)12-13-30(16-17-6-7-17)21(27)14-18-8-9-19(31)23(34-24)22(18)28/h8-11,17,20-21,24,31-32H,6-7,12-16H2,1-5H3/t20-,21-,24-,26+,27-,28?,29-/m1/s1. The topological polar surface area (TPSA) is 62.2 Å². The molecule has 34 heavy (non-hydrogen) atoms. The van der Waals surface area contributed by atoms with Gasteiger partial charge in [0.15, 0.2) is 11.5 Å². The first-order valence-electron chi connectivity index (χ1n) is 13.3. The molecule has 184 valence electrons. The first-order chi connectivity index (χ1) is 16.0. The van der Waals surface area contributed by atoms with Crippen LogP contribution in [0.4, 0.5) is 0 Å². The quantitative estimate of drug-likeness (QED) is 0.653. The molecule has 0 aromatic heterocycles. The molecule has 0 amide bonds. The summed E-state index contributed by atoms with van der Waals surface area (Å²) in [6.45, 7) is 10.6. The minimum absolute atomic E-state index is 0.116. The van der Waals surface area contributed by atoms with Crippen molar-refractivity contribution in [2.45, 2.75) is 88.6 Å². The van der Waals surface area contributed by atoms with Gasteiger partial charge in [0.05, 0.1) is 11.0 Å². The highest BCUT2D eigenvalue weighted by atomic mass is 16.6. The predicted octanol–water partition coefficient (Wildman–Crippen LogP) is 4.19. The van der Waals surface area contributed by atoms with Crippen LogP contribution in [0.2, 0.25) is 0 Å². The van der Waals surface area contributed by atoms with Crippen molar-refractivity contribution >= 4 is 0 Å². The number of aliphatic hydroxyl groups is 1. The Morgan fingerprint density at radius 3 is 2.62 bits per heavy atom. The molecule has 4 bridgehead atoms. The number of ether oxygens (including phenoxy) is 2. The summed E-state index contributed by atoms with van der Waals surface area (Å²) in [5.74, 6) is 1.62. The van der Waals surface area contributed by atoms with Crippen LogP contribution in [0.3, 0.4) is 0 Å². The summed E-state index contributed by atoms with van der Waals surface area (Å²) < 4.78 is 13.3. The van der Waals surface area contributed by atoms with Gasteiger partial charge in [-0.1, -0.05) is 39.0 Å². The van der Waals surface area contributed by atoms with E-state index < -0.39 is 11.2 Å². The minimum atomic E-state index is -0.960. The van der Waals surface area contributed by atoms with Gasteiger partial charge in [-0.25, -0.2) is 0 Å². The zero-order chi connectivity index (χ0) is 23.9. The van der Waals surface area contributed by atoms with Crippen molar-refractivity contribution in [3.63, 3.8) is 0 Å². The lowest BCUT2D eigenvalue weighted by molar-refractivity contribution is -0.263. The number of likely N-dealkylation sites (tertiary alicyclic amines) is 1. The molecule has 1 aromatic rings. The zero-order valence-corrected chi connectivity index (χ0v) is 21.2. The second-order valence-corrected chi connectivity index (χ2v) is 13.4. The molecule has 7 aliphatic rings. The molecule has 2 saturated carbocycles. The van der Waals surface area contributed by atoms with Crippen LogP contribution in [0.1, 0.15) is 64.5 Å². The molecule has 8 rings (SSSR count). The monoisotopic (exact) mass is 465 g/mol. The van der Waals surface area contributed by atoms with Gasteiger partial charge in [-0.3, -0.25) is 4.90 Å². The minimum Gasteiger partial charge on any atom is -0.504 e. The normalized spacial score (nSPS) is 43.4. The molecule has 1 unspecified atom stereocenters. The van der Waals surface area contributed by atoms with Gasteiger partial charge < -0.3 is 19.7 Å². The average Bonchev–Trinajstić information content (AvgIpc) is 3.53. The number of hydrogen-bond donors (Lipinski definition) is 2. The molecule has 5 aliphatic carbocycles. The zero-order valence-electron chi connectivity index (χ0n) is 21.2. The van der Waals surface area contributed by atoms with Crippen molar-refractivity contribution in [3.8, 4) is 11.5 Å². The van der Waals surface area contributed by atoms with E-state index in [2.05, 4.69) is 43.9 Å². The number of aromatic hydroxyl groups is 1. The van der Waals surface area contributed by atoms with E-state index in [-0.39, 0.29) is 34.0 Å². The first kappa shape index (κ1) is 21.7. The van der Waals surface area contributed by atoms with E-state index in [0.717, 1.165) is 31.7 Å². The van der Waals surface area contributed by atoms with E-state index in [1.807, 2.05) is 13.0 Å². The fourth-order valence-electron chi connectivity index (χ4n) is 8.94. The molecular weight excluding hydrogens is 426 g/mol. The van der Waals surface area contributed by atoms with Crippen LogP contribution in [0.25, 0.3) is 0 Å². The highest BCUT2D eigenvalue weighted by Crippen LogP contribution is 2.76. The summed E-state index contributed by atoms with van der Waals surface area (Å²) in [7, 11) is 1.78. The average molecular weight is 466 g/mol. The van der Waals surface area contributed by atoms with Gasteiger partial charge in [0.2, 0.25) is 0 Å². The van der Waals surface area contributed by atoms with Crippen LogP contribution in [0.5, 0.6) is 11.5 Å². The van der Waals surface area contributed by atoms with Gasteiger partial charge in [-0.05, 0) is 68.5 Å². The molecule has 5 heteroatoms. The largest absolute Gasteiger partial charge is 0.504 e. The Morgan fingerprint density at radius 2 is 1.94 bits per heavy atom. The van der Waals surface area contributed by atoms with Crippen LogP contribution in [-0.2, 0) is 16.6 Å². The lowest BCUT2D eigenvalue weighted by atomic mass is 9.35. The van der Waals surface area contributed by atoms with E-state index in [0.29, 0.717) is 11.8 Å². The number of fused-ring (bicyclic) bond motifs is 1. The molecule has 3 fully saturated rings. The van der Waals surface area contributed by atoms with Crippen molar-refractivity contribution in [2.75, 3.05) is 20.2 Å². The van der Waals surface area contributed by atoms with E-state index in [1.165, 1.54) is 30.5 Å². The third kappa shape index (κ3) is 2.20. The molecule has 2 spiro atoms. The van der Waals surface area contributed by atoms with Crippen molar-refractivity contribution in [1.82, 2.24) is 4.90 Å². The molecule has 7 atom stereocenters. The highest BCUT2D eigenvalue weighted by molar-refractivity contribution is 5.65. The smallest absolute Gasteiger partial charge is 0.165 e. The number of rotatable bonds is 4. The van der Waals surface area contributed by atoms with Crippen molar-refractivity contribution in [1.29, 1.82) is 0 Å². The molecule has 2 heterocycles. The van der Waals surface area contributed by atoms with Crippen LogP contribution in [0, 0.1) is 22.7 Å². The number of hydrogen-bond acceptors (Lipinski definition) is 5. The van der Waals surface area contributed by atoms with E-state index in [9.17, 15) is 10.2 Å². The van der Waals surface area contributed by atoms with E-state index in [1.54, 1.807) is 7.11 Å². The van der Waals surface area contributed by atoms with Gasteiger partial charge in [-0.2, -0.15) is 0 Å². The Balaban J connectivity index is 1.49. The molecule has 1 aromatic carbocycles. The van der Waals surface area contributed by atoms with Gasteiger partial charge in [0, 0.05) is 36.6 Å². The Hall–Kier alpha value is -1.56. The highest BCUT2D eigenvalue weighted by Gasteiger charge is 2.81. The van der Waals surface area contributed by atoms with Crippen molar-refractivity contribution in [2.24, 2.45) is 22.7 Å². The fraction of sp³-hybridized carbons (Fsp3) is 0.724. The van der Waals surface area contributed by atoms with Crippen LogP contribution in [0.15, 0.2) is 24.3 Å². The van der Waals surface area contributed by atoms with E-state index in [4.69, 9.17) is 9.47 Å². The maximum atomic E-state index is 12.2. The molecule has 0 radical (unpaired) electrons. The van der Waals surface area contributed by atoms with Gasteiger partial charge in [0.25, 0.3) is 0 Å². The third-order valence-corrected chi connectivity index (χ3v) is 11.3. The van der Waals surface area contributed by atoms with Crippen LogP contribution >= 0.6 is 0 Å². The summed E-state index contributed by atoms with van der Waals surface area (Å²) in [6.07, 6.45) is 10.0. The Bertz CT molecular complexity index is 1100. The summed E-state index contributed by atoms with van der Waals surface area (Å²) in [6, 6.07) is 4.33.